The number of rotatable bonds is 6. The summed E-state index contributed by atoms with van der Waals surface area (Å²) in [6, 6.07) is 21.1. The molecule has 3 aromatic carbocycles. The zero-order valence-corrected chi connectivity index (χ0v) is 17.4. The number of benzene rings is 3. The lowest BCUT2D eigenvalue weighted by Gasteiger charge is -2.12. The molecule has 0 spiro atoms. The topological polar surface area (TPSA) is 67.4 Å². The predicted molar refractivity (Wildman–Crippen MR) is 120 cm³/mol. The number of halogens is 1. The maximum absolute atomic E-state index is 12.9. The fourth-order valence-corrected chi connectivity index (χ4v) is 2.96. The summed E-state index contributed by atoms with van der Waals surface area (Å²) in [6.45, 7) is 1.94. The first kappa shape index (κ1) is 21.1. The average molecular weight is 421 g/mol. The van der Waals surface area contributed by atoms with Crippen LogP contribution in [-0.2, 0) is 4.79 Å². The van der Waals surface area contributed by atoms with Crippen LogP contribution in [0.25, 0.3) is 6.08 Å². The van der Waals surface area contributed by atoms with E-state index >= 15 is 0 Å². The van der Waals surface area contributed by atoms with E-state index in [1.807, 2.05) is 25.1 Å². The van der Waals surface area contributed by atoms with Gasteiger partial charge >= 0.3 is 0 Å². The Balaban J connectivity index is 1.89. The third kappa shape index (κ3) is 5.72. The fourth-order valence-electron chi connectivity index (χ4n) is 2.77. The van der Waals surface area contributed by atoms with Crippen LogP contribution in [0.2, 0.25) is 5.02 Å². The number of carbonyl (C=O) groups excluding carboxylic acids is 2. The van der Waals surface area contributed by atoms with Gasteiger partial charge in [0.15, 0.2) is 0 Å². The van der Waals surface area contributed by atoms with Gasteiger partial charge in [0.2, 0.25) is 0 Å². The van der Waals surface area contributed by atoms with Crippen molar-refractivity contribution in [2.75, 3.05) is 12.4 Å². The molecule has 0 fully saturated rings. The van der Waals surface area contributed by atoms with Gasteiger partial charge in [0.05, 0.1) is 7.11 Å². The van der Waals surface area contributed by atoms with E-state index in [-0.39, 0.29) is 5.70 Å². The van der Waals surface area contributed by atoms with Crippen LogP contribution in [0.5, 0.6) is 5.75 Å². The van der Waals surface area contributed by atoms with E-state index in [0.29, 0.717) is 22.0 Å². The molecule has 0 aliphatic carbocycles. The fraction of sp³-hybridized carbons (Fsp3) is 0.0833. The Labute approximate surface area is 180 Å². The molecule has 2 amide bonds. The monoisotopic (exact) mass is 420 g/mol. The molecule has 2 N–H and O–H groups in total. The molecule has 0 radical (unpaired) electrons. The standard InChI is InChI=1S/C24H21ClN2O3/c1-16-5-3-8-20(13-16)26-24(29)22(14-17-9-11-21(30-2)12-10-17)27-23(28)18-6-4-7-19(25)15-18/h3-15H,1-2H3,(H,26,29)(H,27,28). The Morgan fingerprint density at radius 3 is 2.37 bits per heavy atom. The van der Waals surface area contributed by atoms with Crippen molar-refractivity contribution in [3.05, 3.63) is 100 Å². The SMILES string of the molecule is COc1ccc(C=C(NC(=O)c2cccc(Cl)c2)C(=O)Nc2cccc(C)c2)cc1. The summed E-state index contributed by atoms with van der Waals surface area (Å²) in [6.07, 6.45) is 1.60. The van der Waals surface area contributed by atoms with Gasteiger partial charge in [-0.3, -0.25) is 9.59 Å². The smallest absolute Gasteiger partial charge is 0.272 e. The van der Waals surface area contributed by atoms with Gasteiger partial charge in [0.1, 0.15) is 11.4 Å². The molecule has 3 rings (SSSR count). The minimum atomic E-state index is -0.438. The number of nitrogens with one attached hydrogen (secondary N) is 2. The van der Waals surface area contributed by atoms with Crippen molar-refractivity contribution < 1.29 is 14.3 Å². The molecule has 30 heavy (non-hydrogen) atoms. The Morgan fingerprint density at radius 1 is 0.967 bits per heavy atom. The zero-order chi connectivity index (χ0) is 21.5. The van der Waals surface area contributed by atoms with Crippen molar-refractivity contribution in [3.8, 4) is 5.75 Å². The minimum absolute atomic E-state index is 0.103. The normalized spacial score (nSPS) is 11.0. The lowest BCUT2D eigenvalue weighted by atomic mass is 10.1. The van der Waals surface area contributed by atoms with E-state index in [9.17, 15) is 9.59 Å². The third-order valence-corrected chi connectivity index (χ3v) is 4.52. The van der Waals surface area contributed by atoms with Gasteiger partial charge in [-0.25, -0.2) is 0 Å². The summed E-state index contributed by atoms with van der Waals surface area (Å²) in [4.78, 5) is 25.6. The molecular weight excluding hydrogens is 400 g/mol. The number of hydrogen-bond donors (Lipinski definition) is 2. The first-order valence-corrected chi connectivity index (χ1v) is 9.63. The van der Waals surface area contributed by atoms with Gasteiger partial charge in [-0.2, -0.15) is 0 Å². The highest BCUT2D eigenvalue weighted by Gasteiger charge is 2.15. The molecule has 0 unspecified atom stereocenters. The summed E-state index contributed by atoms with van der Waals surface area (Å²) in [5.74, 6) is -0.177. The highest BCUT2D eigenvalue weighted by Crippen LogP contribution is 2.16. The van der Waals surface area contributed by atoms with Crippen molar-refractivity contribution in [3.63, 3.8) is 0 Å². The quantitative estimate of drug-likeness (QED) is 0.547. The number of carbonyl (C=O) groups is 2. The number of ether oxygens (including phenoxy) is 1. The molecule has 6 heteroatoms. The Hall–Kier alpha value is -3.57. The van der Waals surface area contributed by atoms with Gasteiger partial charge in [-0.05, 0) is 66.6 Å². The largest absolute Gasteiger partial charge is 0.497 e. The molecule has 152 valence electrons. The lowest BCUT2D eigenvalue weighted by Crippen LogP contribution is -2.30. The summed E-state index contributed by atoms with van der Waals surface area (Å²) in [5, 5.41) is 5.95. The van der Waals surface area contributed by atoms with Crippen molar-refractivity contribution in [2.24, 2.45) is 0 Å². The van der Waals surface area contributed by atoms with E-state index in [2.05, 4.69) is 10.6 Å². The number of amides is 2. The van der Waals surface area contributed by atoms with Crippen molar-refractivity contribution >= 4 is 35.2 Å². The highest BCUT2D eigenvalue weighted by molar-refractivity contribution is 6.31. The third-order valence-electron chi connectivity index (χ3n) is 4.28. The van der Waals surface area contributed by atoms with Gasteiger partial charge < -0.3 is 15.4 Å². The second kappa shape index (κ2) is 9.76. The van der Waals surface area contributed by atoms with Crippen LogP contribution in [0.4, 0.5) is 5.69 Å². The zero-order valence-electron chi connectivity index (χ0n) is 16.6. The van der Waals surface area contributed by atoms with Crippen LogP contribution in [0.3, 0.4) is 0 Å². The highest BCUT2D eigenvalue weighted by atomic mass is 35.5. The Morgan fingerprint density at radius 2 is 1.70 bits per heavy atom. The van der Waals surface area contributed by atoms with Gasteiger partial charge in [-0.1, -0.05) is 41.9 Å². The van der Waals surface area contributed by atoms with E-state index in [0.717, 1.165) is 11.1 Å². The summed E-state index contributed by atoms with van der Waals surface area (Å²) in [7, 11) is 1.58. The minimum Gasteiger partial charge on any atom is -0.497 e. The Kier molecular flexibility index (Phi) is 6.88. The summed E-state index contributed by atoms with van der Waals surface area (Å²) >= 11 is 5.98. The number of methoxy groups -OCH3 is 1. The molecule has 5 nitrogen and oxygen atoms in total. The Bertz CT molecular complexity index is 1090. The van der Waals surface area contributed by atoms with E-state index in [4.69, 9.17) is 16.3 Å². The molecule has 0 aromatic heterocycles. The molecule has 0 heterocycles. The van der Waals surface area contributed by atoms with Gasteiger partial charge in [0.25, 0.3) is 11.8 Å². The van der Waals surface area contributed by atoms with Gasteiger partial charge in [-0.15, -0.1) is 0 Å². The maximum atomic E-state index is 12.9. The summed E-state index contributed by atoms with van der Waals surface area (Å²) < 4.78 is 5.16. The molecule has 0 aliphatic rings. The van der Waals surface area contributed by atoms with Crippen LogP contribution >= 0.6 is 11.6 Å². The first-order chi connectivity index (χ1) is 14.4. The summed E-state index contributed by atoms with van der Waals surface area (Å²) in [5.41, 5.74) is 2.84. The molecule has 0 saturated carbocycles. The number of anilines is 1. The van der Waals surface area contributed by atoms with E-state index in [1.165, 1.54) is 0 Å². The molecule has 3 aromatic rings. The second-order valence-corrected chi connectivity index (χ2v) is 7.06. The van der Waals surface area contributed by atoms with Crippen molar-refractivity contribution in [2.45, 2.75) is 6.92 Å². The van der Waals surface area contributed by atoms with Crippen LogP contribution in [0, 0.1) is 6.92 Å². The maximum Gasteiger partial charge on any atom is 0.272 e. The molecule has 0 saturated heterocycles. The number of aryl methyl sites for hydroxylation is 1. The average Bonchev–Trinajstić information content (AvgIpc) is 2.73. The molecule has 0 atom stereocenters. The van der Waals surface area contributed by atoms with E-state index < -0.39 is 11.8 Å². The van der Waals surface area contributed by atoms with Crippen LogP contribution < -0.4 is 15.4 Å². The first-order valence-electron chi connectivity index (χ1n) is 9.25. The van der Waals surface area contributed by atoms with Crippen molar-refractivity contribution in [1.82, 2.24) is 5.32 Å². The molecular formula is C24H21ClN2O3. The second-order valence-electron chi connectivity index (χ2n) is 6.62. The van der Waals surface area contributed by atoms with Crippen LogP contribution in [-0.4, -0.2) is 18.9 Å². The molecule has 0 bridgehead atoms. The number of hydrogen-bond acceptors (Lipinski definition) is 3. The van der Waals surface area contributed by atoms with E-state index in [1.54, 1.807) is 67.8 Å². The lowest BCUT2D eigenvalue weighted by molar-refractivity contribution is -0.113. The van der Waals surface area contributed by atoms with Crippen molar-refractivity contribution in [1.29, 1.82) is 0 Å². The van der Waals surface area contributed by atoms with Gasteiger partial charge in [0, 0.05) is 16.3 Å². The van der Waals surface area contributed by atoms with Crippen LogP contribution in [0.1, 0.15) is 21.5 Å². The molecule has 0 aliphatic heterocycles. The van der Waals surface area contributed by atoms with Crippen LogP contribution in [0.15, 0.2) is 78.5 Å². The predicted octanol–water partition coefficient (Wildman–Crippen LogP) is 5.07.